The Labute approximate surface area is 131 Å². The number of pyridine rings is 1. The molecule has 120 valence electrons. The van der Waals surface area contributed by atoms with Crippen molar-refractivity contribution in [1.82, 2.24) is 9.88 Å². The minimum atomic E-state index is -0.502. The van der Waals surface area contributed by atoms with E-state index in [1.165, 1.54) is 0 Å². The van der Waals surface area contributed by atoms with E-state index < -0.39 is 5.60 Å². The van der Waals surface area contributed by atoms with Crippen LogP contribution in [0.3, 0.4) is 0 Å². The zero-order valence-corrected chi connectivity index (χ0v) is 13.7. The van der Waals surface area contributed by atoms with Crippen molar-refractivity contribution in [2.24, 2.45) is 5.92 Å². The summed E-state index contributed by atoms with van der Waals surface area (Å²) in [5.41, 5.74) is 0.0532. The predicted molar refractivity (Wildman–Crippen MR) is 83.3 cm³/mol. The highest BCUT2D eigenvalue weighted by atomic mass is 16.6. The first-order chi connectivity index (χ1) is 10.3. The van der Waals surface area contributed by atoms with Crippen molar-refractivity contribution in [3.8, 4) is 0 Å². The third-order valence-corrected chi connectivity index (χ3v) is 3.79. The van der Waals surface area contributed by atoms with Crippen LogP contribution in [-0.2, 0) is 9.53 Å². The van der Waals surface area contributed by atoms with Crippen molar-refractivity contribution in [2.45, 2.75) is 52.2 Å². The number of nitrogens with zero attached hydrogens (tertiary/aromatic N) is 2. The normalized spacial score (nSPS) is 22.3. The highest BCUT2D eigenvalue weighted by Gasteiger charge is 2.35. The summed E-state index contributed by atoms with van der Waals surface area (Å²) in [6.07, 6.45) is 4.76. The first-order valence-corrected chi connectivity index (χ1v) is 7.72. The first-order valence-electron chi connectivity index (χ1n) is 7.72. The zero-order valence-electron chi connectivity index (χ0n) is 13.7. The Balaban J connectivity index is 2.08. The van der Waals surface area contributed by atoms with Gasteiger partial charge in [-0.05, 0) is 52.7 Å². The molecule has 0 N–H and O–H groups in total. The predicted octanol–water partition coefficient (Wildman–Crippen LogP) is 2.66. The highest BCUT2D eigenvalue weighted by Crippen LogP contribution is 2.26. The monoisotopic (exact) mass is 304 g/mol. The van der Waals surface area contributed by atoms with Gasteiger partial charge in [0.15, 0.2) is 0 Å². The van der Waals surface area contributed by atoms with E-state index in [4.69, 9.17) is 4.74 Å². The smallest absolute Gasteiger partial charge is 0.311 e. The van der Waals surface area contributed by atoms with Crippen molar-refractivity contribution in [1.29, 1.82) is 0 Å². The lowest BCUT2D eigenvalue weighted by Gasteiger charge is -2.37. The van der Waals surface area contributed by atoms with Gasteiger partial charge in [0.1, 0.15) is 5.60 Å². The molecule has 1 aromatic rings. The number of ether oxygens (including phenoxy) is 1. The molecule has 1 aliphatic heterocycles. The molecule has 5 heteroatoms. The molecule has 1 aromatic heterocycles. The number of hydrogen-bond donors (Lipinski definition) is 0. The van der Waals surface area contributed by atoms with Gasteiger partial charge >= 0.3 is 5.97 Å². The van der Waals surface area contributed by atoms with E-state index in [1.807, 2.05) is 27.7 Å². The van der Waals surface area contributed by atoms with Crippen LogP contribution in [0, 0.1) is 5.92 Å². The largest absolute Gasteiger partial charge is 0.460 e. The number of amides is 1. The fraction of sp³-hybridized carbons (Fsp3) is 0.588. The minimum Gasteiger partial charge on any atom is -0.460 e. The van der Waals surface area contributed by atoms with Crippen LogP contribution in [0.15, 0.2) is 24.5 Å². The van der Waals surface area contributed by atoms with Gasteiger partial charge in [0.05, 0.1) is 11.5 Å². The quantitative estimate of drug-likeness (QED) is 0.788. The van der Waals surface area contributed by atoms with Crippen LogP contribution in [0.2, 0.25) is 0 Å². The maximum Gasteiger partial charge on any atom is 0.311 e. The molecule has 1 saturated heterocycles. The first kappa shape index (κ1) is 16.5. The minimum absolute atomic E-state index is 0.0751. The summed E-state index contributed by atoms with van der Waals surface area (Å²) in [6.45, 7) is 7.99. The van der Waals surface area contributed by atoms with Crippen molar-refractivity contribution >= 4 is 11.9 Å². The Morgan fingerprint density at radius 3 is 2.64 bits per heavy atom. The van der Waals surface area contributed by atoms with Gasteiger partial charge in [0.25, 0.3) is 5.91 Å². The molecule has 0 spiro atoms. The third-order valence-electron chi connectivity index (χ3n) is 3.79. The van der Waals surface area contributed by atoms with Gasteiger partial charge in [-0.15, -0.1) is 0 Å². The molecular formula is C17H24N2O3. The molecule has 0 radical (unpaired) electrons. The molecule has 0 bridgehead atoms. The lowest BCUT2D eigenvalue weighted by atomic mass is 9.92. The number of carbonyl (C=O) groups is 2. The van der Waals surface area contributed by atoms with Gasteiger partial charge in [-0.1, -0.05) is 0 Å². The molecular weight excluding hydrogens is 280 g/mol. The number of likely N-dealkylation sites (tertiary alicyclic amines) is 1. The summed E-state index contributed by atoms with van der Waals surface area (Å²) < 4.78 is 5.46. The van der Waals surface area contributed by atoms with Crippen LogP contribution in [0.4, 0.5) is 0 Å². The lowest BCUT2D eigenvalue weighted by Crippen LogP contribution is -2.48. The van der Waals surface area contributed by atoms with E-state index in [0.29, 0.717) is 12.1 Å². The van der Waals surface area contributed by atoms with Gasteiger partial charge < -0.3 is 9.64 Å². The van der Waals surface area contributed by atoms with Crippen LogP contribution in [0.25, 0.3) is 0 Å². The molecule has 0 aliphatic carbocycles. The summed E-state index contributed by atoms with van der Waals surface area (Å²) in [6, 6.07) is 3.61. The van der Waals surface area contributed by atoms with Crippen LogP contribution in [0.1, 0.15) is 50.9 Å². The Hall–Kier alpha value is -1.91. The lowest BCUT2D eigenvalue weighted by molar-refractivity contribution is -0.161. The second-order valence-electron chi connectivity index (χ2n) is 6.86. The number of hydrogen-bond acceptors (Lipinski definition) is 4. The molecule has 1 aliphatic rings. The summed E-state index contributed by atoms with van der Waals surface area (Å²) in [5, 5.41) is 0. The van der Waals surface area contributed by atoms with Crippen LogP contribution in [0.5, 0.6) is 0 Å². The van der Waals surface area contributed by atoms with Gasteiger partial charge in [-0.2, -0.15) is 0 Å². The fourth-order valence-electron chi connectivity index (χ4n) is 2.62. The van der Waals surface area contributed by atoms with E-state index in [2.05, 4.69) is 4.98 Å². The standard InChI is InChI=1S/C17H24N2O3/c1-12-7-8-14(16(21)22-17(2,3)4)11-19(12)15(20)13-6-5-9-18-10-13/h5-6,9-10,12,14H,7-8,11H2,1-4H3. The maximum absolute atomic E-state index is 12.6. The number of piperidine rings is 1. The van der Waals surface area contributed by atoms with Crippen LogP contribution in [-0.4, -0.2) is 39.9 Å². The van der Waals surface area contributed by atoms with E-state index in [0.717, 1.165) is 12.8 Å². The summed E-state index contributed by atoms with van der Waals surface area (Å²) >= 11 is 0. The van der Waals surface area contributed by atoms with Gasteiger partial charge in [0.2, 0.25) is 0 Å². The Bertz CT molecular complexity index is 537. The van der Waals surface area contributed by atoms with Crippen molar-refractivity contribution in [3.63, 3.8) is 0 Å². The van der Waals surface area contributed by atoms with E-state index >= 15 is 0 Å². The number of rotatable bonds is 2. The van der Waals surface area contributed by atoms with Crippen molar-refractivity contribution < 1.29 is 14.3 Å². The average molecular weight is 304 g/mol. The number of aromatic nitrogens is 1. The molecule has 0 saturated carbocycles. The molecule has 5 nitrogen and oxygen atoms in total. The number of esters is 1. The Morgan fingerprint density at radius 1 is 1.32 bits per heavy atom. The van der Waals surface area contributed by atoms with Gasteiger partial charge in [-0.25, -0.2) is 0 Å². The van der Waals surface area contributed by atoms with Gasteiger partial charge in [0, 0.05) is 25.0 Å². The summed E-state index contributed by atoms with van der Waals surface area (Å²) in [4.78, 5) is 30.6. The van der Waals surface area contributed by atoms with E-state index in [1.54, 1.807) is 29.4 Å². The molecule has 2 unspecified atom stereocenters. The molecule has 1 amide bonds. The topological polar surface area (TPSA) is 59.5 Å². The van der Waals surface area contributed by atoms with Crippen LogP contribution < -0.4 is 0 Å². The zero-order chi connectivity index (χ0) is 16.3. The molecule has 22 heavy (non-hydrogen) atoms. The van der Waals surface area contributed by atoms with Crippen LogP contribution >= 0.6 is 0 Å². The maximum atomic E-state index is 12.6. The van der Waals surface area contributed by atoms with Crippen molar-refractivity contribution in [2.75, 3.05) is 6.54 Å². The molecule has 1 fully saturated rings. The van der Waals surface area contributed by atoms with E-state index in [9.17, 15) is 9.59 Å². The van der Waals surface area contributed by atoms with Crippen molar-refractivity contribution in [3.05, 3.63) is 30.1 Å². The Kier molecular flexibility index (Phi) is 4.84. The molecule has 2 rings (SSSR count). The SMILES string of the molecule is CC1CCC(C(=O)OC(C)(C)C)CN1C(=O)c1cccnc1. The molecule has 2 heterocycles. The second-order valence-corrected chi connectivity index (χ2v) is 6.86. The summed E-state index contributed by atoms with van der Waals surface area (Å²) in [7, 11) is 0. The van der Waals surface area contributed by atoms with Gasteiger partial charge in [-0.3, -0.25) is 14.6 Å². The molecule has 0 aromatic carbocycles. The fourth-order valence-corrected chi connectivity index (χ4v) is 2.62. The average Bonchev–Trinajstić information content (AvgIpc) is 2.46. The third kappa shape index (κ3) is 4.06. The molecule has 2 atom stereocenters. The second kappa shape index (κ2) is 6.46. The summed E-state index contributed by atoms with van der Waals surface area (Å²) in [5.74, 6) is -0.548. The van der Waals surface area contributed by atoms with E-state index in [-0.39, 0.29) is 23.8 Å². The number of carbonyl (C=O) groups excluding carboxylic acids is 2. The Morgan fingerprint density at radius 2 is 2.05 bits per heavy atom. The highest BCUT2D eigenvalue weighted by molar-refractivity contribution is 5.94.